The summed E-state index contributed by atoms with van der Waals surface area (Å²) >= 11 is 0. The molecule has 0 spiro atoms. The summed E-state index contributed by atoms with van der Waals surface area (Å²) in [4.78, 5) is 23.5. The average Bonchev–Trinajstić information content (AvgIpc) is 2.53. The van der Waals surface area contributed by atoms with Crippen molar-refractivity contribution in [1.29, 1.82) is 0 Å². The molecule has 1 amide bonds. The molecule has 1 aliphatic carbocycles. The SMILES string of the molecule is O=C(NC1(c2ccccc2F)CC(O)C1)C1CCC(C(=O)O)NC1. The van der Waals surface area contributed by atoms with Crippen LogP contribution in [0.15, 0.2) is 24.3 Å². The van der Waals surface area contributed by atoms with E-state index in [2.05, 4.69) is 10.6 Å². The monoisotopic (exact) mass is 336 g/mol. The molecule has 2 fully saturated rings. The predicted octanol–water partition coefficient (Wildman–Crippen LogP) is 0.745. The summed E-state index contributed by atoms with van der Waals surface area (Å²) < 4.78 is 14.2. The second kappa shape index (κ2) is 6.49. The van der Waals surface area contributed by atoms with Crippen LogP contribution in [0.25, 0.3) is 0 Å². The number of hydrogen-bond acceptors (Lipinski definition) is 4. The van der Waals surface area contributed by atoms with Crippen LogP contribution < -0.4 is 10.6 Å². The van der Waals surface area contributed by atoms with E-state index in [0.717, 1.165) is 0 Å². The Morgan fingerprint density at radius 3 is 2.50 bits per heavy atom. The maximum atomic E-state index is 14.2. The summed E-state index contributed by atoms with van der Waals surface area (Å²) in [6.45, 7) is 0.276. The highest BCUT2D eigenvalue weighted by molar-refractivity contribution is 5.81. The van der Waals surface area contributed by atoms with Crippen LogP contribution >= 0.6 is 0 Å². The Kier molecular flexibility index (Phi) is 4.56. The van der Waals surface area contributed by atoms with Crippen molar-refractivity contribution in [3.05, 3.63) is 35.6 Å². The van der Waals surface area contributed by atoms with E-state index >= 15 is 0 Å². The van der Waals surface area contributed by atoms with Crippen molar-refractivity contribution in [2.75, 3.05) is 6.54 Å². The van der Waals surface area contributed by atoms with Gasteiger partial charge in [-0.05, 0) is 18.9 Å². The van der Waals surface area contributed by atoms with Gasteiger partial charge in [0.25, 0.3) is 0 Å². The number of benzene rings is 1. The van der Waals surface area contributed by atoms with Gasteiger partial charge in [0.1, 0.15) is 11.9 Å². The number of piperidine rings is 1. The molecule has 0 bridgehead atoms. The van der Waals surface area contributed by atoms with E-state index in [1.54, 1.807) is 18.2 Å². The molecule has 7 heteroatoms. The van der Waals surface area contributed by atoms with Gasteiger partial charge in [0.2, 0.25) is 5.91 Å². The lowest BCUT2D eigenvalue weighted by molar-refractivity contribution is -0.142. The molecular weight excluding hydrogens is 315 g/mol. The number of nitrogens with one attached hydrogen (secondary N) is 2. The first kappa shape index (κ1) is 16.9. The Labute approximate surface area is 139 Å². The van der Waals surface area contributed by atoms with E-state index in [1.165, 1.54) is 6.07 Å². The molecule has 1 aromatic rings. The van der Waals surface area contributed by atoms with Crippen LogP contribution in [-0.2, 0) is 15.1 Å². The molecule has 2 aliphatic rings. The average molecular weight is 336 g/mol. The molecule has 1 aromatic carbocycles. The fourth-order valence-corrected chi connectivity index (χ4v) is 3.61. The van der Waals surface area contributed by atoms with Crippen LogP contribution in [0.3, 0.4) is 0 Å². The first-order valence-corrected chi connectivity index (χ1v) is 8.12. The van der Waals surface area contributed by atoms with E-state index in [9.17, 15) is 19.1 Å². The van der Waals surface area contributed by atoms with Crippen LogP contribution in [0.4, 0.5) is 4.39 Å². The van der Waals surface area contributed by atoms with Crippen molar-refractivity contribution >= 4 is 11.9 Å². The summed E-state index contributed by atoms with van der Waals surface area (Å²) in [6, 6.07) is 5.63. The van der Waals surface area contributed by atoms with Crippen LogP contribution in [0, 0.1) is 11.7 Å². The minimum atomic E-state index is -0.918. The number of aliphatic hydroxyl groups is 1. The third kappa shape index (κ3) is 3.14. The maximum Gasteiger partial charge on any atom is 0.320 e. The zero-order valence-electron chi connectivity index (χ0n) is 13.2. The molecule has 1 saturated heterocycles. The zero-order chi connectivity index (χ0) is 17.3. The molecule has 4 N–H and O–H groups in total. The van der Waals surface area contributed by atoms with E-state index in [4.69, 9.17) is 5.11 Å². The van der Waals surface area contributed by atoms with Gasteiger partial charge in [0.15, 0.2) is 0 Å². The minimum Gasteiger partial charge on any atom is -0.480 e. The van der Waals surface area contributed by atoms with Crippen molar-refractivity contribution in [1.82, 2.24) is 10.6 Å². The second-order valence-corrected chi connectivity index (χ2v) is 6.69. The predicted molar refractivity (Wildman–Crippen MR) is 83.6 cm³/mol. The minimum absolute atomic E-state index is 0.235. The van der Waals surface area contributed by atoms with Gasteiger partial charge in [0.05, 0.1) is 17.6 Å². The molecule has 0 aromatic heterocycles. The number of carboxylic acids is 1. The number of rotatable bonds is 4. The van der Waals surface area contributed by atoms with E-state index in [0.29, 0.717) is 18.4 Å². The third-order valence-corrected chi connectivity index (χ3v) is 5.00. The molecule has 1 aliphatic heterocycles. The number of aliphatic hydroxyl groups excluding tert-OH is 1. The lowest BCUT2D eigenvalue weighted by Gasteiger charge is -2.47. The summed E-state index contributed by atoms with van der Waals surface area (Å²) in [5.41, 5.74) is -0.498. The van der Waals surface area contributed by atoms with Crippen molar-refractivity contribution in [3.63, 3.8) is 0 Å². The quantitative estimate of drug-likeness (QED) is 0.650. The highest BCUT2D eigenvalue weighted by atomic mass is 19.1. The molecule has 1 saturated carbocycles. The number of aliphatic carboxylic acids is 1. The van der Waals surface area contributed by atoms with Crippen LogP contribution in [0.5, 0.6) is 0 Å². The number of halogens is 1. The normalized spacial score (nSPS) is 32.7. The van der Waals surface area contributed by atoms with Gasteiger partial charge < -0.3 is 20.8 Å². The topological polar surface area (TPSA) is 98.7 Å². The Bertz CT molecular complexity index is 637. The lowest BCUT2D eigenvalue weighted by atomic mass is 9.69. The molecule has 0 radical (unpaired) electrons. The molecule has 6 nitrogen and oxygen atoms in total. The van der Waals surface area contributed by atoms with Crippen molar-refractivity contribution < 1.29 is 24.2 Å². The van der Waals surface area contributed by atoms with E-state index in [1.807, 2.05) is 0 Å². The van der Waals surface area contributed by atoms with Crippen molar-refractivity contribution in [2.45, 2.75) is 43.4 Å². The van der Waals surface area contributed by atoms with Crippen LogP contribution in [-0.4, -0.2) is 40.8 Å². The maximum absolute atomic E-state index is 14.2. The van der Waals surface area contributed by atoms with Crippen LogP contribution in [0.1, 0.15) is 31.2 Å². The second-order valence-electron chi connectivity index (χ2n) is 6.69. The van der Waals surface area contributed by atoms with Gasteiger partial charge in [0, 0.05) is 24.9 Å². The molecular formula is C17H21FN2O4. The number of hydrogen-bond donors (Lipinski definition) is 4. The number of amides is 1. The largest absolute Gasteiger partial charge is 0.480 e. The zero-order valence-corrected chi connectivity index (χ0v) is 13.2. The Morgan fingerprint density at radius 1 is 1.25 bits per heavy atom. The van der Waals surface area contributed by atoms with Gasteiger partial charge in [-0.25, -0.2) is 4.39 Å². The smallest absolute Gasteiger partial charge is 0.320 e. The van der Waals surface area contributed by atoms with Gasteiger partial charge in [-0.2, -0.15) is 0 Å². The number of carbonyl (C=O) groups excluding carboxylic acids is 1. The molecule has 1 heterocycles. The van der Waals surface area contributed by atoms with Gasteiger partial charge in [-0.15, -0.1) is 0 Å². The standard InChI is InChI=1S/C17H21FN2O4/c18-13-4-2-1-3-12(13)17(7-11(21)8-17)20-15(22)10-5-6-14(16(23)24)19-9-10/h1-4,10-11,14,19,21H,5-9H2,(H,20,22)(H,23,24). The fraction of sp³-hybridized carbons (Fsp3) is 0.529. The molecule has 130 valence electrons. The van der Waals surface area contributed by atoms with Crippen molar-refractivity contribution in [2.24, 2.45) is 5.92 Å². The van der Waals surface area contributed by atoms with Gasteiger partial charge in [-0.1, -0.05) is 18.2 Å². The summed E-state index contributed by atoms with van der Waals surface area (Å²) in [5.74, 6) is -1.92. The first-order valence-electron chi connectivity index (χ1n) is 8.12. The van der Waals surface area contributed by atoms with Crippen LogP contribution in [0.2, 0.25) is 0 Å². The molecule has 2 atom stereocenters. The summed E-state index contributed by atoms with van der Waals surface area (Å²) in [5, 5.41) is 24.4. The molecule has 3 rings (SSSR count). The Morgan fingerprint density at radius 2 is 1.96 bits per heavy atom. The highest BCUT2D eigenvalue weighted by Crippen LogP contribution is 2.42. The highest BCUT2D eigenvalue weighted by Gasteiger charge is 2.48. The van der Waals surface area contributed by atoms with E-state index < -0.39 is 29.5 Å². The Hall–Kier alpha value is -1.99. The lowest BCUT2D eigenvalue weighted by Crippen LogP contribution is -2.59. The summed E-state index contributed by atoms with van der Waals surface area (Å²) in [6.07, 6.45) is 0.828. The van der Waals surface area contributed by atoms with Gasteiger partial charge in [-0.3, -0.25) is 9.59 Å². The number of carboxylic acid groups (broad SMARTS) is 1. The first-order chi connectivity index (χ1) is 11.4. The fourth-order valence-electron chi connectivity index (χ4n) is 3.61. The Balaban J connectivity index is 1.70. The summed E-state index contributed by atoms with van der Waals surface area (Å²) in [7, 11) is 0. The van der Waals surface area contributed by atoms with E-state index in [-0.39, 0.29) is 31.2 Å². The molecule has 24 heavy (non-hydrogen) atoms. The van der Waals surface area contributed by atoms with Gasteiger partial charge >= 0.3 is 5.97 Å². The number of carbonyl (C=O) groups is 2. The van der Waals surface area contributed by atoms with Crippen molar-refractivity contribution in [3.8, 4) is 0 Å². The third-order valence-electron chi connectivity index (χ3n) is 5.00. The molecule has 2 unspecified atom stereocenters.